The zero-order chi connectivity index (χ0) is 14.4. The number of carbonyl (C=O) groups is 1. The van der Waals surface area contributed by atoms with Crippen LogP contribution in [0.4, 0.5) is 0 Å². The quantitative estimate of drug-likeness (QED) is 0.449. The fourth-order valence-corrected chi connectivity index (χ4v) is 3.71. The first kappa shape index (κ1) is 14.8. The second kappa shape index (κ2) is 4.74. The molecule has 19 heavy (non-hydrogen) atoms. The highest BCUT2D eigenvalue weighted by Gasteiger charge is 2.51. The van der Waals surface area contributed by atoms with Gasteiger partial charge >= 0.3 is 5.97 Å². The summed E-state index contributed by atoms with van der Waals surface area (Å²) in [6, 6.07) is 0. The van der Waals surface area contributed by atoms with Crippen LogP contribution in [0.5, 0.6) is 0 Å². The van der Waals surface area contributed by atoms with Crippen molar-refractivity contribution in [3.63, 3.8) is 0 Å². The lowest BCUT2D eigenvalue weighted by molar-refractivity contribution is -0.147. The molecule has 3 atom stereocenters. The summed E-state index contributed by atoms with van der Waals surface area (Å²) in [4.78, 5) is 11.6. The summed E-state index contributed by atoms with van der Waals surface area (Å²) in [6.07, 6.45) is 2.00. The maximum Gasteiger partial charge on any atom is 0.309 e. The maximum absolute atomic E-state index is 11.6. The molecule has 108 valence electrons. The molecule has 1 saturated heterocycles. The van der Waals surface area contributed by atoms with Crippen LogP contribution in [0.15, 0.2) is 12.2 Å². The van der Waals surface area contributed by atoms with Gasteiger partial charge in [0, 0.05) is 5.92 Å². The summed E-state index contributed by atoms with van der Waals surface area (Å²) in [5.74, 6) is 0.201. The van der Waals surface area contributed by atoms with E-state index in [1.165, 1.54) is 0 Å². The molecule has 2 aliphatic rings. The summed E-state index contributed by atoms with van der Waals surface area (Å²) in [5, 5.41) is 0.203. The van der Waals surface area contributed by atoms with Gasteiger partial charge in [-0.15, -0.1) is 0 Å². The fraction of sp³-hybridized carbons (Fsp3) is 0.800. The smallest absolute Gasteiger partial charge is 0.309 e. The molecule has 1 saturated carbocycles. The van der Waals surface area contributed by atoms with Crippen molar-refractivity contribution in [1.82, 2.24) is 0 Å². The number of esters is 1. The highest BCUT2D eigenvalue weighted by molar-refractivity contribution is 6.74. The molecule has 1 heterocycles. The van der Waals surface area contributed by atoms with Gasteiger partial charge in [-0.2, -0.15) is 0 Å². The summed E-state index contributed by atoms with van der Waals surface area (Å²) >= 11 is 0. The van der Waals surface area contributed by atoms with Gasteiger partial charge in [0.15, 0.2) is 8.32 Å². The zero-order valence-electron chi connectivity index (χ0n) is 12.8. The molecule has 0 aromatic carbocycles. The van der Waals surface area contributed by atoms with Gasteiger partial charge in [-0.3, -0.25) is 4.79 Å². The first-order chi connectivity index (χ1) is 8.63. The van der Waals surface area contributed by atoms with Gasteiger partial charge in [0.2, 0.25) is 0 Å². The minimum Gasteiger partial charge on any atom is -0.461 e. The lowest BCUT2D eigenvalue weighted by atomic mass is 9.91. The molecule has 0 aromatic rings. The third-order valence-corrected chi connectivity index (χ3v) is 9.54. The molecule has 3 nitrogen and oxygen atoms in total. The molecular weight excluding hydrogens is 256 g/mol. The van der Waals surface area contributed by atoms with Crippen molar-refractivity contribution in [2.45, 2.75) is 57.8 Å². The molecule has 0 aromatic heterocycles. The molecule has 2 bridgehead atoms. The predicted octanol–water partition coefficient (Wildman–Crippen LogP) is 3.52. The van der Waals surface area contributed by atoms with Crippen LogP contribution < -0.4 is 0 Å². The van der Waals surface area contributed by atoms with Gasteiger partial charge in [0.25, 0.3) is 0 Å². The molecule has 4 heteroatoms. The minimum atomic E-state index is -1.75. The van der Waals surface area contributed by atoms with E-state index in [1.807, 2.05) is 0 Å². The van der Waals surface area contributed by atoms with Crippen molar-refractivity contribution < 1.29 is 14.0 Å². The Morgan fingerprint density at radius 2 is 2.05 bits per heavy atom. The summed E-state index contributed by atoms with van der Waals surface area (Å²) < 4.78 is 11.5. The Bertz CT molecular complexity index is 395. The monoisotopic (exact) mass is 282 g/mol. The van der Waals surface area contributed by atoms with Gasteiger partial charge in [0.1, 0.15) is 6.10 Å². The molecule has 0 spiro atoms. The SMILES string of the molecule is C=C(CO[Si](C)(C)C(C)(C)C)C1C2CCC1C(=O)O2. The van der Waals surface area contributed by atoms with E-state index < -0.39 is 8.32 Å². The van der Waals surface area contributed by atoms with Gasteiger partial charge in [-0.25, -0.2) is 0 Å². The number of rotatable bonds is 4. The first-order valence-electron chi connectivity index (χ1n) is 7.15. The number of fused-ring (bicyclic) bond motifs is 2. The molecule has 3 unspecified atom stereocenters. The normalized spacial score (nSPS) is 30.6. The van der Waals surface area contributed by atoms with E-state index >= 15 is 0 Å². The average molecular weight is 282 g/mol. The van der Waals surface area contributed by atoms with E-state index in [1.54, 1.807) is 0 Å². The fourth-order valence-electron chi connectivity index (χ4n) is 2.73. The molecule has 2 fully saturated rings. The van der Waals surface area contributed by atoms with E-state index in [0.717, 1.165) is 18.4 Å². The largest absolute Gasteiger partial charge is 0.461 e. The molecule has 1 aliphatic heterocycles. The third-order valence-electron chi connectivity index (χ3n) is 5.06. The standard InChI is InChI=1S/C15H26O3Si/c1-10(9-17-19(5,6)15(2,3)4)13-11-7-8-12(13)18-14(11)16/h11-13H,1,7-9H2,2-6H3. The van der Waals surface area contributed by atoms with Crippen LogP contribution in [-0.2, 0) is 14.0 Å². The third kappa shape index (κ3) is 2.65. The molecule has 0 radical (unpaired) electrons. The Kier molecular flexibility index (Phi) is 3.69. The first-order valence-corrected chi connectivity index (χ1v) is 10.1. The van der Waals surface area contributed by atoms with Gasteiger partial charge in [0.05, 0.1) is 12.5 Å². The van der Waals surface area contributed by atoms with Crippen LogP contribution in [-0.4, -0.2) is 27.0 Å². The van der Waals surface area contributed by atoms with Crippen LogP contribution in [0, 0.1) is 11.8 Å². The topological polar surface area (TPSA) is 35.5 Å². The second-order valence-electron chi connectivity index (χ2n) is 7.39. The van der Waals surface area contributed by atoms with Crippen LogP contribution in [0.2, 0.25) is 18.1 Å². The van der Waals surface area contributed by atoms with Crippen LogP contribution in [0.25, 0.3) is 0 Å². The Morgan fingerprint density at radius 3 is 2.47 bits per heavy atom. The second-order valence-corrected chi connectivity index (χ2v) is 12.2. The van der Waals surface area contributed by atoms with Crippen molar-refractivity contribution in [2.75, 3.05) is 6.61 Å². The average Bonchev–Trinajstić information content (AvgIpc) is 2.80. The van der Waals surface area contributed by atoms with Crippen molar-refractivity contribution in [3.8, 4) is 0 Å². The number of ether oxygens (including phenoxy) is 1. The minimum absolute atomic E-state index is 0.0327. The lowest BCUT2D eigenvalue weighted by Crippen LogP contribution is -2.41. The Morgan fingerprint density at radius 1 is 1.42 bits per heavy atom. The predicted molar refractivity (Wildman–Crippen MR) is 78.4 cm³/mol. The molecular formula is C15H26O3Si. The number of hydrogen-bond donors (Lipinski definition) is 0. The van der Waals surface area contributed by atoms with Crippen molar-refractivity contribution in [3.05, 3.63) is 12.2 Å². The van der Waals surface area contributed by atoms with Crippen LogP contribution in [0.1, 0.15) is 33.6 Å². The molecule has 0 amide bonds. The Labute approximate surface area is 117 Å². The Balaban J connectivity index is 1.95. The highest BCUT2D eigenvalue weighted by atomic mass is 28.4. The van der Waals surface area contributed by atoms with E-state index in [9.17, 15) is 4.79 Å². The number of hydrogen-bond acceptors (Lipinski definition) is 3. The summed E-state index contributed by atoms with van der Waals surface area (Å²) in [5.41, 5.74) is 1.04. The van der Waals surface area contributed by atoms with E-state index in [-0.39, 0.29) is 28.9 Å². The molecule has 0 N–H and O–H groups in total. The van der Waals surface area contributed by atoms with E-state index in [0.29, 0.717) is 6.61 Å². The summed E-state index contributed by atoms with van der Waals surface area (Å²) in [6.45, 7) is 15.9. The lowest BCUT2D eigenvalue weighted by Gasteiger charge is -2.36. The summed E-state index contributed by atoms with van der Waals surface area (Å²) in [7, 11) is -1.75. The van der Waals surface area contributed by atoms with Crippen LogP contribution >= 0.6 is 0 Å². The van der Waals surface area contributed by atoms with Gasteiger partial charge in [-0.1, -0.05) is 27.4 Å². The van der Waals surface area contributed by atoms with Crippen molar-refractivity contribution in [2.24, 2.45) is 11.8 Å². The van der Waals surface area contributed by atoms with Crippen molar-refractivity contribution in [1.29, 1.82) is 0 Å². The Hall–Kier alpha value is -0.613. The van der Waals surface area contributed by atoms with E-state index in [4.69, 9.17) is 9.16 Å². The van der Waals surface area contributed by atoms with E-state index in [2.05, 4.69) is 40.4 Å². The van der Waals surface area contributed by atoms with Crippen LogP contribution in [0.3, 0.4) is 0 Å². The maximum atomic E-state index is 11.6. The zero-order valence-corrected chi connectivity index (χ0v) is 13.8. The van der Waals surface area contributed by atoms with Gasteiger partial charge < -0.3 is 9.16 Å². The van der Waals surface area contributed by atoms with Gasteiger partial charge in [-0.05, 0) is 36.5 Å². The molecule has 2 rings (SSSR count). The van der Waals surface area contributed by atoms with Crippen molar-refractivity contribution >= 4 is 14.3 Å². The highest BCUT2D eigenvalue weighted by Crippen LogP contribution is 2.45. The molecule has 1 aliphatic carbocycles. The number of carbonyl (C=O) groups excluding carboxylic acids is 1.